The van der Waals surface area contributed by atoms with E-state index in [0.717, 1.165) is 24.0 Å². The van der Waals surface area contributed by atoms with Crippen molar-refractivity contribution in [1.82, 2.24) is 19.8 Å². The third-order valence-electron chi connectivity index (χ3n) is 6.30. The summed E-state index contributed by atoms with van der Waals surface area (Å²) < 4.78 is 23.3. The Bertz CT molecular complexity index is 1370. The number of pyridine rings is 1. The second kappa shape index (κ2) is 8.91. The molecule has 5 rings (SSSR count). The molecule has 2 aromatic heterocycles. The van der Waals surface area contributed by atoms with E-state index in [1.165, 1.54) is 6.07 Å². The number of carbonyl (C=O) groups excluding carboxylic acids is 1. The monoisotopic (exact) mass is 458 g/mol. The van der Waals surface area contributed by atoms with E-state index in [4.69, 9.17) is 4.74 Å². The van der Waals surface area contributed by atoms with Crippen LogP contribution in [0.3, 0.4) is 0 Å². The molecule has 0 atom stereocenters. The predicted octanol–water partition coefficient (Wildman–Crippen LogP) is 4.78. The number of fused-ring (bicyclic) bond motifs is 1. The Labute approximate surface area is 198 Å². The summed E-state index contributed by atoms with van der Waals surface area (Å²) in [5.74, 6) is 0.412. The number of halogens is 1. The molecule has 0 unspecified atom stereocenters. The van der Waals surface area contributed by atoms with E-state index in [9.17, 15) is 4.79 Å². The number of nitrogens with one attached hydrogen (secondary N) is 1. The molecule has 2 aromatic carbocycles. The fraction of sp³-hybridized carbons (Fsp3) is 0.259. The van der Waals surface area contributed by atoms with Crippen molar-refractivity contribution >= 4 is 16.8 Å². The highest BCUT2D eigenvalue weighted by molar-refractivity contribution is 5.97. The highest BCUT2D eigenvalue weighted by Crippen LogP contribution is 2.30. The zero-order chi connectivity index (χ0) is 23.8. The predicted molar refractivity (Wildman–Crippen MR) is 131 cm³/mol. The summed E-state index contributed by atoms with van der Waals surface area (Å²) in [4.78, 5) is 19.3. The van der Waals surface area contributed by atoms with Crippen LogP contribution in [0.25, 0.3) is 22.2 Å². The van der Waals surface area contributed by atoms with Crippen molar-refractivity contribution in [3.05, 3.63) is 77.9 Å². The van der Waals surface area contributed by atoms with Crippen LogP contribution in [0, 0.1) is 5.82 Å². The van der Waals surface area contributed by atoms with Gasteiger partial charge in [0.2, 0.25) is 0 Å². The Hall–Kier alpha value is -3.71. The maximum absolute atomic E-state index is 15.2. The van der Waals surface area contributed by atoms with Crippen LogP contribution in [0.4, 0.5) is 4.39 Å². The number of hydrogen-bond donors (Lipinski definition) is 1. The molecule has 0 bridgehead atoms. The minimum Gasteiger partial charge on any atom is -0.457 e. The van der Waals surface area contributed by atoms with Crippen molar-refractivity contribution in [1.29, 1.82) is 0 Å². The molecule has 4 aromatic rings. The molecule has 1 aliphatic heterocycles. The van der Waals surface area contributed by atoms with Crippen LogP contribution in [0.5, 0.6) is 11.5 Å². The van der Waals surface area contributed by atoms with Crippen LogP contribution < -0.4 is 10.1 Å². The van der Waals surface area contributed by atoms with Gasteiger partial charge in [-0.2, -0.15) is 0 Å². The van der Waals surface area contributed by atoms with Gasteiger partial charge in [0.25, 0.3) is 5.91 Å². The van der Waals surface area contributed by atoms with E-state index in [2.05, 4.69) is 21.3 Å². The maximum Gasteiger partial charge on any atom is 0.254 e. The summed E-state index contributed by atoms with van der Waals surface area (Å²) in [5.41, 5.74) is 3.03. The second-order valence-electron chi connectivity index (χ2n) is 8.86. The Balaban J connectivity index is 1.41. The molecular weight excluding hydrogens is 431 g/mol. The van der Waals surface area contributed by atoms with Gasteiger partial charge in [0.1, 0.15) is 17.3 Å². The first-order valence-electron chi connectivity index (χ1n) is 11.4. The molecular formula is C27H27FN4O2. The van der Waals surface area contributed by atoms with E-state index >= 15 is 4.39 Å². The summed E-state index contributed by atoms with van der Waals surface area (Å²) >= 11 is 0. The lowest BCUT2D eigenvalue weighted by Gasteiger charge is -2.36. The molecule has 0 spiro atoms. The van der Waals surface area contributed by atoms with Crippen LogP contribution in [-0.2, 0) is 13.5 Å². The Morgan fingerprint density at radius 1 is 1.12 bits per heavy atom. The molecule has 1 fully saturated rings. The third kappa shape index (κ3) is 4.26. The first-order valence-corrected chi connectivity index (χ1v) is 11.4. The van der Waals surface area contributed by atoms with Crippen molar-refractivity contribution in [2.24, 2.45) is 7.05 Å². The molecule has 0 radical (unpaired) electrons. The quantitative estimate of drug-likeness (QED) is 0.452. The fourth-order valence-corrected chi connectivity index (χ4v) is 4.47. The van der Waals surface area contributed by atoms with Gasteiger partial charge in [0.05, 0.1) is 22.8 Å². The molecule has 0 aliphatic carbocycles. The lowest BCUT2D eigenvalue weighted by molar-refractivity contribution is 0.0853. The molecule has 34 heavy (non-hydrogen) atoms. The highest BCUT2D eigenvalue weighted by atomic mass is 19.1. The van der Waals surface area contributed by atoms with Crippen LogP contribution in [0.15, 0.2) is 60.9 Å². The third-order valence-corrected chi connectivity index (χ3v) is 6.30. The van der Waals surface area contributed by atoms with Gasteiger partial charge in [-0.05, 0) is 60.8 Å². The average molecular weight is 459 g/mol. The zero-order valence-electron chi connectivity index (χ0n) is 19.5. The van der Waals surface area contributed by atoms with Crippen LogP contribution in [-0.4, -0.2) is 46.5 Å². The molecule has 0 saturated carbocycles. The Morgan fingerprint density at radius 2 is 1.91 bits per heavy atom. The zero-order valence-corrected chi connectivity index (χ0v) is 19.5. The van der Waals surface area contributed by atoms with Gasteiger partial charge in [-0.3, -0.25) is 9.78 Å². The van der Waals surface area contributed by atoms with E-state index < -0.39 is 5.82 Å². The standard InChI is InChI=1S/C27H27FN4O2/c1-4-17-11-19(12-23(28)26(17)27(33)30-20-15-31(2)16-20)24-13-22(7-9-29-24)34-21-6-5-18-8-10-32(3)25(18)14-21/h5-14,20H,4,15-16H2,1-3H3,(H,30,33). The minimum absolute atomic E-state index is 0.0616. The molecule has 1 N–H and O–H groups in total. The van der Waals surface area contributed by atoms with E-state index in [1.54, 1.807) is 18.3 Å². The summed E-state index contributed by atoms with van der Waals surface area (Å²) in [6.07, 6.45) is 4.18. The summed E-state index contributed by atoms with van der Waals surface area (Å²) in [6.45, 7) is 3.47. The summed E-state index contributed by atoms with van der Waals surface area (Å²) in [6, 6.07) is 14.8. The van der Waals surface area contributed by atoms with Gasteiger partial charge in [-0.1, -0.05) is 6.92 Å². The van der Waals surface area contributed by atoms with Gasteiger partial charge in [0, 0.05) is 50.2 Å². The number of carbonyl (C=O) groups is 1. The van der Waals surface area contributed by atoms with Gasteiger partial charge >= 0.3 is 0 Å². The molecule has 3 heterocycles. The Morgan fingerprint density at radius 3 is 2.68 bits per heavy atom. The average Bonchev–Trinajstić information content (AvgIpc) is 3.17. The number of ether oxygens (including phenoxy) is 1. The topological polar surface area (TPSA) is 59.4 Å². The number of amides is 1. The van der Waals surface area contributed by atoms with Crippen molar-refractivity contribution in [3.63, 3.8) is 0 Å². The van der Waals surface area contributed by atoms with E-state index in [0.29, 0.717) is 34.7 Å². The van der Waals surface area contributed by atoms with Crippen molar-refractivity contribution < 1.29 is 13.9 Å². The summed E-state index contributed by atoms with van der Waals surface area (Å²) in [7, 11) is 3.98. The number of benzene rings is 2. The largest absolute Gasteiger partial charge is 0.457 e. The number of likely N-dealkylation sites (N-methyl/N-ethyl adjacent to an activating group) is 1. The smallest absolute Gasteiger partial charge is 0.254 e. The number of hydrogen-bond acceptors (Lipinski definition) is 4. The van der Waals surface area contributed by atoms with Crippen molar-refractivity contribution in [3.8, 4) is 22.8 Å². The van der Waals surface area contributed by atoms with Gasteiger partial charge in [-0.25, -0.2) is 4.39 Å². The van der Waals surface area contributed by atoms with Gasteiger partial charge in [-0.15, -0.1) is 0 Å². The van der Waals surface area contributed by atoms with Crippen molar-refractivity contribution in [2.45, 2.75) is 19.4 Å². The van der Waals surface area contributed by atoms with Crippen LogP contribution in [0.1, 0.15) is 22.8 Å². The number of aryl methyl sites for hydroxylation is 2. The van der Waals surface area contributed by atoms with E-state index in [-0.39, 0.29) is 17.5 Å². The molecule has 1 amide bonds. The minimum atomic E-state index is -0.540. The number of likely N-dealkylation sites (tertiary alicyclic amines) is 1. The normalized spacial score (nSPS) is 14.2. The fourth-order valence-electron chi connectivity index (χ4n) is 4.47. The number of aromatic nitrogens is 2. The first-order chi connectivity index (χ1) is 16.4. The van der Waals surface area contributed by atoms with E-state index in [1.807, 2.05) is 56.0 Å². The number of rotatable bonds is 6. The van der Waals surface area contributed by atoms with Crippen LogP contribution >= 0.6 is 0 Å². The molecule has 7 heteroatoms. The maximum atomic E-state index is 15.2. The number of nitrogens with zero attached hydrogens (tertiary/aromatic N) is 3. The first kappa shape index (κ1) is 22.1. The van der Waals surface area contributed by atoms with Gasteiger partial charge < -0.3 is 19.5 Å². The van der Waals surface area contributed by atoms with Gasteiger partial charge in [0.15, 0.2) is 0 Å². The molecule has 174 valence electrons. The Kier molecular flexibility index (Phi) is 5.79. The lowest BCUT2D eigenvalue weighted by atomic mass is 9.98. The second-order valence-corrected chi connectivity index (χ2v) is 8.86. The van der Waals surface area contributed by atoms with Crippen molar-refractivity contribution in [2.75, 3.05) is 20.1 Å². The summed E-state index contributed by atoms with van der Waals surface area (Å²) in [5, 5.41) is 4.07. The lowest BCUT2D eigenvalue weighted by Crippen LogP contribution is -2.57. The molecule has 1 aliphatic rings. The van der Waals surface area contributed by atoms with Crippen LogP contribution in [0.2, 0.25) is 0 Å². The molecule has 1 saturated heterocycles. The SMILES string of the molecule is CCc1cc(-c2cc(Oc3ccc4ccn(C)c4c3)ccn2)cc(F)c1C(=O)NC1CN(C)C1. The highest BCUT2D eigenvalue weighted by Gasteiger charge is 2.27. The molecule has 6 nitrogen and oxygen atoms in total.